The number of thiophene rings is 1. The summed E-state index contributed by atoms with van der Waals surface area (Å²) in [6.07, 6.45) is 3.58. The third kappa shape index (κ3) is 4.69. The van der Waals surface area contributed by atoms with Crippen LogP contribution in [0.4, 0.5) is 5.69 Å². The van der Waals surface area contributed by atoms with Crippen molar-refractivity contribution < 1.29 is 14.3 Å². The Labute approximate surface area is 166 Å². The first kappa shape index (κ1) is 19.9. The molecule has 1 aromatic carbocycles. The Morgan fingerprint density at radius 1 is 1.32 bits per heavy atom. The van der Waals surface area contributed by atoms with Crippen LogP contribution in [-0.2, 0) is 11.3 Å². The van der Waals surface area contributed by atoms with E-state index < -0.39 is 0 Å². The number of amides is 1. The maximum Gasteiger partial charge on any atom is 0.262 e. The fraction of sp³-hybridized carbons (Fsp3) is 0.350. The van der Waals surface area contributed by atoms with Crippen molar-refractivity contribution in [2.24, 2.45) is 0 Å². The summed E-state index contributed by atoms with van der Waals surface area (Å²) in [4.78, 5) is 29.8. The highest BCUT2D eigenvalue weighted by atomic mass is 32.1. The van der Waals surface area contributed by atoms with E-state index in [1.54, 1.807) is 31.4 Å². The van der Waals surface area contributed by atoms with Crippen molar-refractivity contribution in [3.8, 4) is 11.5 Å². The summed E-state index contributed by atoms with van der Waals surface area (Å²) in [6, 6.07) is 7.05. The monoisotopic (exact) mass is 401 g/mol. The van der Waals surface area contributed by atoms with Crippen LogP contribution in [0.5, 0.6) is 11.5 Å². The van der Waals surface area contributed by atoms with Gasteiger partial charge >= 0.3 is 0 Å². The molecular weight excluding hydrogens is 378 g/mol. The van der Waals surface area contributed by atoms with Crippen LogP contribution >= 0.6 is 11.3 Å². The highest BCUT2D eigenvalue weighted by Crippen LogP contribution is 2.29. The Hall–Kier alpha value is -2.87. The van der Waals surface area contributed by atoms with Gasteiger partial charge in [-0.25, -0.2) is 4.98 Å². The van der Waals surface area contributed by atoms with E-state index in [1.165, 1.54) is 22.2 Å². The van der Waals surface area contributed by atoms with Gasteiger partial charge in [0.15, 0.2) is 0 Å². The number of methoxy groups -OCH3 is 1. The lowest BCUT2D eigenvalue weighted by molar-refractivity contribution is -0.116. The SMILES string of the molecule is CCCCOc1ccc(OC)cc1NC(=O)CCn1cnc2sccc2c1=O. The van der Waals surface area contributed by atoms with Crippen molar-refractivity contribution in [3.63, 3.8) is 0 Å². The highest BCUT2D eigenvalue weighted by Gasteiger charge is 2.11. The number of unbranched alkanes of at least 4 members (excludes halogenated alkanes) is 1. The van der Waals surface area contributed by atoms with E-state index >= 15 is 0 Å². The fourth-order valence-electron chi connectivity index (χ4n) is 2.67. The summed E-state index contributed by atoms with van der Waals surface area (Å²) in [5.74, 6) is 1.01. The number of benzene rings is 1. The molecule has 0 aliphatic rings. The Kier molecular flexibility index (Phi) is 6.65. The number of hydrogen-bond acceptors (Lipinski definition) is 6. The minimum absolute atomic E-state index is 0.135. The number of fused-ring (bicyclic) bond motifs is 1. The molecule has 148 valence electrons. The fourth-order valence-corrected chi connectivity index (χ4v) is 3.40. The van der Waals surface area contributed by atoms with E-state index in [-0.39, 0.29) is 24.4 Å². The average molecular weight is 401 g/mol. The first-order chi connectivity index (χ1) is 13.6. The zero-order valence-corrected chi connectivity index (χ0v) is 16.8. The highest BCUT2D eigenvalue weighted by molar-refractivity contribution is 7.16. The van der Waals surface area contributed by atoms with Crippen LogP contribution in [0.3, 0.4) is 0 Å². The van der Waals surface area contributed by atoms with Crippen molar-refractivity contribution in [2.45, 2.75) is 32.7 Å². The molecule has 3 aromatic rings. The smallest absolute Gasteiger partial charge is 0.262 e. The standard InChI is InChI=1S/C20H23N3O4S/c1-3-4-10-27-17-6-5-14(26-2)12-16(17)22-18(24)7-9-23-13-21-19-15(20(23)25)8-11-28-19/h5-6,8,11-13H,3-4,7,9-10H2,1-2H3,(H,22,24). The van der Waals surface area contributed by atoms with Crippen LogP contribution in [-0.4, -0.2) is 29.2 Å². The van der Waals surface area contributed by atoms with Crippen molar-refractivity contribution >= 4 is 33.1 Å². The van der Waals surface area contributed by atoms with Crippen LogP contribution in [0.2, 0.25) is 0 Å². The number of rotatable bonds is 9. The Morgan fingerprint density at radius 3 is 2.96 bits per heavy atom. The molecule has 2 aromatic heterocycles. The molecule has 2 heterocycles. The van der Waals surface area contributed by atoms with Crippen molar-refractivity contribution in [1.29, 1.82) is 0 Å². The lowest BCUT2D eigenvalue weighted by Gasteiger charge is -2.14. The first-order valence-corrected chi connectivity index (χ1v) is 10.0. The molecule has 0 radical (unpaired) electrons. The molecule has 28 heavy (non-hydrogen) atoms. The second kappa shape index (κ2) is 9.36. The molecule has 0 atom stereocenters. The number of hydrogen-bond donors (Lipinski definition) is 1. The third-order valence-corrected chi connectivity index (χ3v) is 5.07. The predicted molar refractivity (Wildman–Crippen MR) is 111 cm³/mol. The van der Waals surface area contributed by atoms with Gasteiger partial charge in [-0.15, -0.1) is 11.3 Å². The zero-order chi connectivity index (χ0) is 19.9. The summed E-state index contributed by atoms with van der Waals surface area (Å²) in [5, 5.41) is 5.26. The van der Waals surface area contributed by atoms with Crippen LogP contribution in [0.1, 0.15) is 26.2 Å². The normalized spacial score (nSPS) is 10.8. The number of ether oxygens (including phenoxy) is 2. The topological polar surface area (TPSA) is 82.4 Å². The van der Waals surface area contributed by atoms with E-state index in [0.29, 0.717) is 34.0 Å². The molecule has 0 fully saturated rings. The van der Waals surface area contributed by atoms with E-state index in [0.717, 1.165) is 12.8 Å². The van der Waals surface area contributed by atoms with Gasteiger partial charge in [0.25, 0.3) is 5.56 Å². The number of carbonyl (C=O) groups is 1. The number of anilines is 1. The number of nitrogens with one attached hydrogen (secondary N) is 1. The quantitative estimate of drug-likeness (QED) is 0.553. The predicted octanol–water partition coefficient (Wildman–Crippen LogP) is 3.67. The second-order valence-corrected chi connectivity index (χ2v) is 7.14. The van der Waals surface area contributed by atoms with Gasteiger partial charge in [-0.05, 0) is 30.0 Å². The van der Waals surface area contributed by atoms with Crippen molar-refractivity contribution in [1.82, 2.24) is 9.55 Å². The lowest BCUT2D eigenvalue weighted by atomic mass is 10.2. The van der Waals surface area contributed by atoms with Gasteiger partial charge in [-0.2, -0.15) is 0 Å². The largest absolute Gasteiger partial charge is 0.497 e. The Bertz CT molecular complexity index is 1010. The summed E-state index contributed by atoms with van der Waals surface area (Å²) in [5.41, 5.74) is 0.420. The number of aryl methyl sites for hydroxylation is 1. The van der Waals surface area contributed by atoms with Crippen LogP contribution in [0.25, 0.3) is 10.2 Å². The van der Waals surface area contributed by atoms with Gasteiger partial charge in [0, 0.05) is 19.0 Å². The number of carbonyl (C=O) groups excluding carboxylic acids is 1. The van der Waals surface area contributed by atoms with E-state index in [4.69, 9.17) is 9.47 Å². The third-order valence-electron chi connectivity index (χ3n) is 4.25. The van der Waals surface area contributed by atoms with E-state index in [2.05, 4.69) is 17.2 Å². The maximum absolute atomic E-state index is 12.5. The molecule has 0 spiro atoms. The molecule has 0 saturated heterocycles. The average Bonchev–Trinajstić information content (AvgIpc) is 3.18. The summed E-state index contributed by atoms with van der Waals surface area (Å²) in [7, 11) is 1.57. The van der Waals surface area contributed by atoms with Crippen molar-refractivity contribution in [3.05, 3.63) is 46.3 Å². The molecule has 1 amide bonds. The zero-order valence-electron chi connectivity index (χ0n) is 15.9. The Balaban J connectivity index is 1.67. The molecule has 0 unspecified atom stereocenters. The molecule has 0 aliphatic carbocycles. The van der Waals surface area contributed by atoms with Crippen LogP contribution < -0.4 is 20.3 Å². The second-order valence-electron chi connectivity index (χ2n) is 6.24. The summed E-state index contributed by atoms with van der Waals surface area (Å²) in [6.45, 7) is 2.91. The minimum Gasteiger partial charge on any atom is -0.497 e. The molecule has 1 N–H and O–H groups in total. The summed E-state index contributed by atoms with van der Waals surface area (Å²) < 4.78 is 12.5. The molecule has 0 saturated carbocycles. The van der Waals surface area contributed by atoms with Gasteiger partial charge in [0.2, 0.25) is 5.91 Å². The summed E-state index contributed by atoms with van der Waals surface area (Å²) >= 11 is 1.42. The van der Waals surface area contributed by atoms with Crippen molar-refractivity contribution in [2.75, 3.05) is 19.0 Å². The van der Waals surface area contributed by atoms with Gasteiger partial charge in [0.1, 0.15) is 16.3 Å². The molecule has 0 aliphatic heterocycles. The lowest BCUT2D eigenvalue weighted by Crippen LogP contribution is -2.23. The van der Waals surface area contributed by atoms with Gasteiger partial charge < -0.3 is 14.8 Å². The number of nitrogens with zero attached hydrogens (tertiary/aromatic N) is 2. The first-order valence-electron chi connectivity index (χ1n) is 9.15. The van der Waals surface area contributed by atoms with E-state index in [1.807, 2.05) is 5.38 Å². The Morgan fingerprint density at radius 2 is 2.18 bits per heavy atom. The van der Waals surface area contributed by atoms with E-state index in [9.17, 15) is 9.59 Å². The molecular formula is C20H23N3O4S. The van der Waals surface area contributed by atoms with Gasteiger partial charge in [0.05, 0.1) is 31.1 Å². The maximum atomic E-state index is 12.5. The molecule has 3 rings (SSSR count). The van der Waals surface area contributed by atoms with Gasteiger partial charge in [-0.3, -0.25) is 14.2 Å². The molecule has 8 heteroatoms. The van der Waals surface area contributed by atoms with Crippen LogP contribution in [0.15, 0.2) is 40.8 Å². The minimum atomic E-state index is -0.217. The molecule has 0 bridgehead atoms. The van der Waals surface area contributed by atoms with Gasteiger partial charge in [-0.1, -0.05) is 13.3 Å². The van der Waals surface area contributed by atoms with Crippen LogP contribution in [0, 0.1) is 0 Å². The molecule has 7 nitrogen and oxygen atoms in total. The number of aromatic nitrogens is 2.